The van der Waals surface area contributed by atoms with E-state index < -0.39 is 0 Å². The third-order valence-electron chi connectivity index (χ3n) is 5.27. The second-order valence-corrected chi connectivity index (χ2v) is 8.01. The fourth-order valence-corrected chi connectivity index (χ4v) is 4.13. The van der Waals surface area contributed by atoms with Crippen molar-refractivity contribution in [3.8, 4) is 5.75 Å². The Balaban J connectivity index is 1.67. The van der Waals surface area contributed by atoms with Crippen molar-refractivity contribution in [1.29, 1.82) is 0 Å². The second kappa shape index (κ2) is 9.89. The number of aryl methyl sites for hydroxylation is 2. The zero-order valence-electron chi connectivity index (χ0n) is 17.1. The van der Waals surface area contributed by atoms with Crippen molar-refractivity contribution in [1.82, 2.24) is 10.2 Å². The monoisotopic (exact) mass is 397 g/mol. The number of nitrogens with zero attached hydrogens (tertiary/aromatic N) is 1. The molecular weight excluding hydrogens is 366 g/mol. The molecule has 0 amide bonds. The molecule has 1 saturated heterocycles. The maximum atomic E-state index is 5.57. The van der Waals surface area contributed by atoms with Crippen molar-refractivity contribution in [3.05, 3.63) is 59.2 Å². The zero-order chi connectivity index (χ0) is 19.9. The number of hydrogen-bond donors (Lipinski definition) is 2. The molecule has 2 aromatic rings. The Hall–Kier alpha value is -2.11. The van der Waals surface area contributed by atoms with Crippen LogP contribution in [0.4, 0.5) is 5.69 Å². The number of nitrogens with one attached hydrogen (secondary N) is 2. The third kappa shape index (κ3) is 5.69. The number of ether oxygens (including phenoxy) is 1. The van der Waals surface area contributed by atoms with E-state index in [2.05, 4.69) is 59.7 Å². The lowest BCUT2D eigenvalue weighted by Gasteiger charge is -2.35. The molecule has 150 valence electrons. The van der Waals surface area contributed by atoms with Crippen LogP contribution in [0.25, 0.3) is 0 Å². The summed E-state index contributed by atoms with van der Waals surface area (Å²) in [5.74, 6) is 0.890. The smallest absolute Gasteiger partial charge is 0.170 e. The van der Waals surface area contributed by atoms with Gasteiger partial charge in [-0.05, 0) is 93.0 Å². The van der Waals surface area contributed by atoms with E-state index in [0.717, 1.165) is 31.1 Å². The summed E-state index contributed by atoms with van der Waals surface area (Å²) in [6, 6.07) is 15.1. The van der Waals surface area contributed by atoms with Crippen LogP contribution in [0, 0.1) is 13.8 Å². The van der Waals surface area contributed by atoms with Gasteiger partial charge < -0.3 is 15.4 Å². The van der Waals surface area contributed by atoms with E-state index >= 15 is 0 Å². The van der Waals surface area contributed by atoms with Crippen molar-refractivity contribution in [2.24, 2.45) is 0 Å². The molecule has 4 nitrogen and oxygen atoms in total. The Bertz CT molecular complexity index is 765. The zero-order valence-corrected chi connectivity index (χ0v) is 17.9. The topological polar surface area (TPSA) is 36.5 Å². The molecule has 1 aliphatic rings. The molecule has 0 radical (unpaired) electrons. The first-order valence-electron chi connectivity index (χ1n) is 10.1. The predicted octanol–water partition coefficient (Wildman–Crippen LogP) is 4.83. The van der Waals surface area contributed by atoms with Gasteiger partial charge >= 0.3 is 0 Å². The standard InChI is InChI=1S/C23H31N3OS/c1-17-13-18(2)15-20(14-17)25-23(28)24-16-22(26-11-5-4-6-12-26)19-7-9-21(27-3)10-8-19/h7-10,13-15,22H,4-6,11-12,16H2,1-3H3,(H2,24,25,28)/t22-/m1/s1. The summed E-state index contributed by atoms with van der Waals surface area (Å²) in [6.07, 6.45) is 3.85. The van der Waals surface area contributed by atoms with Crippen LogP contribution < -0.4 is 15.4 Å². The molecular formula is C23H31N3OS. The lowest BCUT2D eigenvalue weighted by Crippen LogP contribution is -2.41. The number of anilines is 1. The first kappa shape index (κ1) is 20.6. The van der Waals surface area contributed by atoms with Crippen molar-refractivity contribution < 1.29 is 4.74 Å². The molecule has 28 heavy (non-hydrogen) atoms. The lowest BCUT2D eigenvalue weighted by atomic mass is 10.0. The molecule has 2 N–H and O–H groups in total. The summed E-state index contributed by atoms with van der Waals surface area (Å²) in [5.41, 5.74) is 4.79. The Morgan fingerprint density at radius 1 is 1.04 bits per heavy atom. The number of methoxy groups -OCH3 is 1. The number of rotatable bonds is 6. The normalized spacial score (nSPS) is 15.7. The lowest BCUT2D eigenvalue weighted by molar-refractivity contribution is 0.164. The van der Waals surface area contributed by atoms with Gasteiger partial charge in [0.25, 0.3) is 0 Å². The highest BCUT2D eigenvalue weighted by Crippen LogP contribution is 2.26. The Morgan fingerprint density at radius 3 is 2.29 bits per heavy atom. The van der Waals surface area contributed by atoms with E-state index in [1.807, 2.05) is 12.1 Å². The summed E-state index contributed by atoms with van der Waals surface area (Å²) in [4.78, 5) is 2.57. The fraction of sp³-hybridized carbons (Fsp3) is 0.435. The average Bonchev–Trinajstić information content (AvgIpc) is 2.68. The Labute approximate surface area is 174 Å². The second-order valence-electron chi connectivity index (χ2n) is 7.60. The van der Waals surface area contributed by atoms with Crippen molar-refractivity contribution in [3.63, 3.8) is 0 Å². The number of thiocarbonyl (C=S) groups is 1. The summed E-state index contributed by atoms with van der Waals surface area (Å²) in [5, 5.41) is 7.44. The molecule has 0 spiro atoms. The van der Waals surface area contributed by atoms with Gasteiger partial charge in [-0.15, -0.1) is 0 Å². The van der Waals surface area contributed by atoms with Crippen LogP contribution in [0.2, 0.25) is 0 Å². The quantitative estimate of drug-likeness (QED) is 0.683. The van der Waals surface area contributed by atoms with E-state index in [1.165, 1.54) is 36.0 Å². The van der Waals surface area contributed by atoms with Gasteiger partial charge in [-0.2, -0.15) is 0 Å². The minimum absolute atomic E-state index is 0.296. The molecule has 0 aliphatic carbocycles. The maximum absolute atomic E-state index is 5.57. The molecule has 2 aromatic carbocycles. The van der Waals surface area contributed by atoms with Gasteiger partial charge in [0.1, 0.15) is 5.75 Å². The molecule has 0 unspecified atom stereocenters. The number of benzene rings is 2. The molecule has 1 aliphatic heterocycles. The van der Waals surface area contributed by atoms with E-state index in [-0.39, 0.29) is 0 Å². The van der Waals surface area contributed by atoms with Gasteiger partial charge in [-0.3, -0.25) is 4.90 Å². The summed E-state index contributed by atoms with van der Waals surface area (Å²) in [7, 11) is 1.70. The molecule has 1 fully saturated rings. The van der Waals surface area contributed by atoms with E-state index in [4.69, 9.17) is 17.0 Å². The Kier molecular flexibility index (Phi) is 7.29. The maximum Gasteiger partial charge on any atom is 0.170 e. The Morgan fingerprint density at radius 2 is 1.68 bits per heavy atom. The van der Waals surface area contributed by atoms with Crippen LogP contribution in [0.15, 0.2) is 42.5 Å². The molecule has 0 saturated carbocycles. The summed E-state index contributed by atoms with van der Waals surface area (Å²) in [6.45, 7) is 7.25. The van der Waals surface area contributed by atoms with E-state index in [9.17, 15) is 0 Å². The average molecular weight is 398 g/mol. The van der Waals surface area contributed by atoms with Crippen LogP contribution in [-0.2, 0) is 0 Å². The predicted molar refractivity (Wildman–Crippen MR) is 121 cm³/mol. The van der Waals surface area contributed by atoms with E-state index in [1.54, 1.807) is 7.11 Å². The fourth-order valence-electron chi connectivity index (χ4n) is 3.93. The minimum Gasteiger partial charge on any atom is -0.497 e. The summed E-state index contributed by atoms with van der Waals surface area (Å²) < 4.78 is 5.32. The molecule has 1 atom stereocenters. The van der Waals surface area contributed by atoms with Crippen LogP contribution >= 0.6 is 12.2 Å². The highest BCUT2D eigenvalue weighted by atomic mass is 32.1. The number of piperidine rings is 1. The molecule has 0 bridgehead atoms. The van der Waals surface area contributed by atoms with Crippen molar-refractivity contribution in [2.45, 2.75) is 39.2 Å². The highest BCUT2D eigenvalue weighted by Gasteiger charge is 2.22. The summed E-state index contributed by atoms with van der Waals surface area (Å²) >= 11 is 5.57. The van der Waals surface area contributed by atoms with Gasteiger partial charge in [-0.25, -0.2) is 0 Å². The largest absolute Gasteiger partial charge is 0.497 e. The highest BCUT2D eigenvalue weighted by molar-refractivity contribution is 7.80. The van der Waals surface area contributed by atoms with Crippen LogP contribution in [0.1, 0.15) is 42.0 Å². The SMILES string of the molecule is COc1ccc([C@@H](CNC(=S)Nc2cc(C)cc(C)c2)N2CCCCC2)cc1. The molecule has 5 heteroatoms. The van der Waals surface area contributed by atoms with Crippen LogP contribution in [-0.4, -0.2) is 36.8 Å². The van der Waals surface area contributed by atoms with Gasteiger partial charge in [-0.1, -0.05) is 24.6 Å². The van der Waals surface area contributed by atoms with Crippen molar-refractivity contribution >= 4 is 23.0 Å². The van der Waals surface area contributed by atoms with Gasteiger partial charge in [0, 0.05) is 12.2 Å². The number of likely N-dealkylation sites (tertiary alicyclic amines) is 1. The van der Waals surface area contributed by atoms with Crippen LogP contribution in [0.5, 0.6) is 5.75 Å². The van der Waals surface area contributed by atoms with Crippen molar-refractivity contribution in [2.75, 3.05) is 32.1 Å². The number of hydrogen-bond acceptors (Lipinski definition) is 3. The van der Waals surface area contributed by atoms with Gasteiger partial charge in [0.2, 0.25) is 0 Å². The molecule has 0 aromatic heterocycles. The third-order valence-corrected chi connectivity index (χ3v) is 5.51. The first-order valence-corrected chi connectivity index (χ1v) is 10.5. The molecule has 3 rings (SSSR count). The van der Waals surface area contributed by atoms with Gasteiger partial charge in [0.05, 0.1) is 13.2 Å². The van der Waals surface area contributed by atoms with E-state index in [0.29, 0.717) is 11.2 Å². The first-order chi connectivity index (χ1) is 13.5. The van der Waals surface area contributed by atoms with Gasteiger partial charge in [0.15, 0.2) is 5.11 Å². The van der Waals surface area contributed by atoms with Crippen LogP contribution in [0.3, 0.4) is 0 Å². The minimum atomic E-state index is 0.296. The molecule has 1 heterocycles.